The lowest BCUT2D eigenvalue weighted by molar-refractivity contribution is -0.167. The topological polar surface area (TPSA) is 78.9 Å². The van der Waals surface area contributed by atoms with Crippen molar-refractivity contribution in [2.24, 2.45) is 0 Å². The Morgan fingerprint density at radius 1 is 0.258 bits per heavy atom. The van der Waals surface area contributed by atoms with Crippen LogP contribution in [0.5, 0.6) is 0 Å². The normalized spacial score (nSPS) is 11.9. The van der Waals surface area contributed by atoms with Gasteiger partial charge in [-0.05, 0) is 19.3 Å². The van der Waals surface area contributed by atoms with Crippen LogP contribution in [0.25, 0.3) is 0 Å². The van der Waals surface area contributed by atoms with E-state index in [-0.39, 0.29) is 31.1 Å². The zero-order valence-corrected chi connectivity index (χ0v) is 42.2. The second kappa shape index (κ2) is 52.0. The van der Waals surface area contributed by atoms with Crippen molar-refractivity contribution >= 4 is 17.9 Å². The van der Waals surface area contributed by atoms with Crippen LogP contribution in [-0.2, 0) is 28.6 Å². The van der Waals surface area contributed by atoms with E-state index in [1.165, 1.54) is 225 Å². The van der Waals surface area contributed by atoms with Crippen molar-refractivity contribution in [3.05, 3.63) is 0 Å². The van der Waals surface area contributed by atoms with E-state index in [0.29, 0.717) is 19.3 Å². The summed E-state index contributed by atoms with van der Waals surface area (Å²) in [6.07, 6.45) is 57.0. The first-order valence-corrected chi connectivity index (χ1v) is 28.0. The van der Waals surface area contributed by atoms with Crippen LogP contribution < -0.4 is 0 Å². The van der Waals surface area contributed by atoms with Gasteiger partial charge in [-0.25, -0.2) is 0 Å². The van der Waals surface area contributed by atoms with Crippen LogP contribution in [0.1, 0.15) is 323 Å². The van der Waals surface area contributed by atoms with Crippen molar-refractivity contribution in [3.63, 3.8) is 0 Å². The Bertz CT molecular complexity index is 920. The molecule has 6 heteroatoms. The molecule has 0 aromatic carbocycles. The molecule has 368 valence electrons. The smallest absolute Gasteiger partial charge is 0.306 e. The zero-order valence-electron chi connectivity index (χ0n) is 42.2. The van der Waals surface area contributed by atoms with Gasteiger partial charge in [0.1, 0.15) is 13.2 Å². The molecule has 0 bridgehead atoms. The summed E-state index contributed by atoms with van der Waals surface area (Å²) in [4.78, 5) is 37.8. The van der Waals surface area contributed by atoms with E-state index in [0.717, 1.165) is 57.8 Å². The number of hydrogen-bond acceptors (Lipinski definition) is 6. The second-order valence-corrected chi connectivity index (χ2v) is 19.2. The van der Waals surface area contributed by atoms with Crippen LogP contribution >= 0.6 is 0 Å². The predicted molar refractivity (Wildman–Crippen MR) is 266 cm³/mol. The number of ether oxygens (including phenoxy) is 3. The molecule has 62 heavy (non-hydrogen) atoms. The quantitative estimate of drug-likeness (QED) is 0.0344. The highest BCUT2D eigenvalue weighted by molar-refractivity contribution is 5.71. The molecule has 0 saturated heterocycles. The number of unbranched alkanes of at least 4 members (excludes halogenated alkanes) is 41. The van der Waals surface area contributed by atoms with E-state index >= 15 is 0 Å². The third kappa shape index (κ3) is 49.4. The summed E-state index contributed by atoms with van der Waals surface area (Å²) in [6, 6.07) is 0. The number of esters is 3. The Balaban J connectivity index is 4.08. The summed E-state index contributed by atoms with van der Waals surface area (Å²) < 4.78 is 16.8. The first-order chi connectivity index (χ1) is 30.5. The molecule has 0 spiro atoms. The fourth-order valence-electron chi connectivity index (χ4n) is 8.62. The summed E-state index contributed by atoms with van der Waals surface area (Å²) in [6.45, 7) is 6.64. The minimum atomic E-state index is -0.759. The summed E-state index contributed by atoms with van der Waals surface area (Å²) in [5, 5.41) is 0. The second-order valence-electron chi connectivity index (χ2n) is 19.2. The van der Waals surface area contributed by atoms with Crippen LogP contribution in [0.15, 0.2) is 0 Å². The summed E-state index contributed by atoms with van der Waals surface area (Å²) >= 11 is 0. The van der Waals surface area contributed by atoms with Gasteiger partial charge in [0.25, 0.3) is 0 Å². The minimum absolute atomic E-state index is 0.0623. The average Bonchev–Trinajstić information content (AvgIpc) is 3.27. The Hall–Kier alpha value is -1.59. The van der Waals surface area contributed by atoms with Crippen molar-refractivity contribution in [2.75, 3.05) is 13.2 Å². The summed E-state index contributed by atoms with van der Waals surface area (Å²) in [7, 11) is 0. The van der Waals surface area contributed by atoms with Gasteiger partial charge in [-0.3, -0.25) is 14.4 Å². The molecule has 0 radical (unpaired) electrons. The fourth-order valence-corrected chi connectivity index (χ4v) is 8.62. The maximum absolute atomic E-state index is 12.8. The van der Waals surface area contributed by atoms with Crippen molar-refractivity contribution in [1.82, 2.24) is 0 Å². The number of rotatable bonds is 52. The third-order valence-electron chi connectivity index (χ3n) is 12.9. The molecular weight excluding hydrogens is 769 g/mol. The van der Waals surface area contributed by atoms with Gasteiger partial charge < -0.3 is 14.2 Å². The Morgan fingerprint density at radius 2 is 0.435 bits per heavy atom. The molecule has 1 unspecified atom stereocenters. The molecule has 6 nitrogen and oxygen atoms in total. The molecule has 0 N–H and O–H groups in total. The largest absolute Gasteiger partial charge is 0.462 e. The lowest BCUT2D eigenvalue weighted by Crippen LogP contribution is -2.30. The highest BCUT2D eigenvalue weighted by Gasteiger charge is 2.19. The predicted octanol–water partition coefficient (Wildman–Crippen LogP) is 18.4. The molecule has 0 amide bonds. The monoisotopic (exact) mass is 877 g/mol. The van der Waals surface area contributed by atoms with Gasteiger partial charge in [0.2, 0.25) is 0 Å². The van der Waals surface area contributed by atoms with Gasteiger partial charge in [-0.15, -0.1) is 0 Å². The molecular formula is C56H108O6. The zero-order chi connectivity index (χ0) is 45.1. The minimum Gasteiger partial charge on any atom is -0.462 e. The van der Waals surface area contributed by atoms with Gasteiger partial charge in [0.05, 0.1) is 0 Å². The van der Waals surface area contributed by atoms with E-state index in [2.05, 4.69) is 20.8 Å². The van der Waals surface area contributed by atoms with Gasteiger partial charge in [0, 0.05) is 19.3 Å². The van der Waals surface area contributed by atoms with E-state index in [9.17, 15) is 14.4 Å². The number of carbonyl (C=O) groups excluding carboxylic acids is 3. The SMILES string of the molecule is CCCCCCCCCCCCCCCCCCCCCCCC(=O)OCC(COC(=O)CCCCCCCC)OC(=O)CCCCCCCCCCCCCCCCCCC. The van der Waals surface area contributed by atoms with Gasteiger partial charge >= 0.3 is 17.9 Å². The molecule has 0 fully saturated rings. The maximum Gasteiger partial charge on any atom is 0.306 e. The first kappa shape index (κ1) is 60.4. The lowest BCUT2D eigenvalue weighted by atomic mass is 10.0. The van der Waals surface area contributed by atoms with E-state index in [1.807, 2.05) is 0 Å². The van der Waals surface area contributed by atoms with Crippen molar-refractivity contribution < 1.29 is 28.6 Å². The molecule has 0 aromatic rings. The first-order valence-electron chi connectivity index (χ1n) is 28.0. The van der Waals surface area contributed by atoms with Crippen LogP contribution in [0.3, 0.4) is 0 Å². The Labute approximate surface area is 387 Å². The van der Waals surface area contributed by atoms with Crippen molar-refractivity contribution in [2.45, 2.75) is 329 Å². The lowest BCUT2D eigenvalue weighted by Gasteiger charge is -2.18. The molecule has 0 rings (SSSR count). The number of carbonyl (C=O) groups is 3. The summed E-state index contributed by atoms with van der Waals surface area (Å²) in [5.74, 6) is -0.848. The Kier molecular flexibility index (Phi) is 50.7. The van der Waals surface area contributed by atoms with Crippen molar-refractivity contribution in [3.8, 4) is 0 Å². The van der Waals surface area contributed by atoms with Gasteiger partial charge in [-0.2, -0.15) is 0 Å². The van der Waals surface area contributed by atoms with E-state index in [4.69, 9.17) is 14.2 Å². The van der Waals surface area contributed by atoms with Crippen molar-refractivity contribution in [1.29, 1.82) is 0 Å². The van der Waals surface area contributed by atoms with Crippen LogP contribution in [0.4, 0.5) is 0 Å². The molecule has 0 aliphatic carbocycles. The maximum atomic E-state index is 12.8. The van der Waals surface area contributed by atoms with Crippen LogP contribution in [0.2, 0.25) is 0 Å². The molecule has 1 atom stereocenters. The molecule has 0 saturated carbocycles. The highest BCUT2D eigenvalue weighted by atomic mass is 16.6. The summed E-state index contributed by atoms with van der Waals surface area (Å²) in [5.41, 5.74) is 0. The molecule has 0 aliphatic rings. The van der Waals surface area contributed by atoms with Gasteiger partial charge in [0.15, 0.2) is 6.10 Å². The third-order valence-corrected chi connectivity index (χ3v) is 12.9. The van der Waals surface area contributed by atoms with E-state index in [1.54, 1.807) is 0 Å². The average molecular weight is 877 g/mol. The Morgan fingerprint density at radius 3 is 0.645 bits per heavy atom. The standard InChI is InChI=1S/C56H108O6/c1-4-7-10-13-16-18-20-22-24-26-27-28-29-31-32-34-36-38-40-43-46-49-55(58)61-52-53(51-60-54(57)48-45-42-15-12-9-6-3)62-56(59)50-47-44-41-39-37-35-33-30-25-23-21-19-17-14-11-8-5-2/h53H,4-52H2,1-3H3. The van der Waals surface area contributed by atoms with Gasteiger partial charge in [-0.1, -0.05) is 284 Å². The van der Waals surface area contributed by atoms with E-state index < -0.39 is 6.10 Å². The fraction of sp³-hybridized carbons (Fsp3) is 0.946. The molecule has 0 heterocycles. The highest BCUT2D eigenvalue weighted by Crippen LogP contribution is 2.18. The van der Waals surface area contributed by atoms with Crippen LogP contribution in [0, 0.1) is 0 Å². The molecule has 0 aromatic heterocycles. The van der Waals surface area contributed by atoms with Crippen LogP contribution in [-0.4, -0.2) is 37.2 Å². The number of hydrogen-bond donors (Lipinski definition) is 0. The molecule has 0 aliphatic heterocycles.